The molecule has 0 radical (unpaired) electrons. The molecule has 242 valence electrons. The Bertz CT molecular complexity index is 1760. The zero-order chi connectivity index (χ0) is 33.4. The predicted molar refractivity (Wildman–Crippen MR) is 168 cm³/mol. The molecule has 0 aliphatic rings. The van der Waals surface area contributed by atoms with Gasteiger partial charge in [-0.25, -0.2) is 4.79 Å². The van der Waals surface area contributed by atoms with Crippen LogP contribution in [0.4, 0.5) is 0 Å². The molecule has 2 heterocycles. The first-order chi connectivity index (χ1) is 21.9. The van der Waals surface area contributed by atoms with Crippen LogP contribution in [0.1, 0.15) is 30.4 Å². The van der Waals surface area contributed by atoms with Crippen LogP contribution in [0.25, 0.3) is 21.8 Å². The van der Waals surface area contributed by atoms with Crippen molar-refractivity contribution in [3.8, 4) is 0 Å². The molecule has 4 unspecified atom stereocenters. The maximum atomic E-state index is 13.5. The predicted octanol–water partition coefficient (Wildman–Crippen LogP) is -0.558. The number of carbonyl (C=O) groups is 6. The van der Waals surface area contributed by atoms with E-state index < -0.39 is 66.1 Å². The van der Waals surface area contributed by atoms with E-state index in [1.54, 1.807) is 24.5 Å². The van der Waals surface area contributed by atoms with E-state index in [4.69, 9.17) is 17.2 Å². The van der Waals surface area contributed by atoms with Gasteiger partial charge in [-0.1, -0.05) is 36.4 Å². The van der Waals surface area contributed by atoms with Crippen LogP contribution < -0.4 is 33.2 Å². The molecule has 0 spiro atoms. The van der Waals surface area contributed by atoms with Crippen LogP contribution >= 0.6 is 0 Å². The summed E-state index contributed by atoms with van der Waals surface area (Å²) < 4.78 is 0. The highest BCUT2D eigenvalue weighted by atomic mass is 16.4. The monoisotopic (exact) mass is 632 g/mol. The molecule has 15 heteroatoms. The van der Waals surface area contributed by atoms with Gasteiger partial charge in [0.15, 0.2) is 0 Å². The summed E-state index contributed by atoms with van der Waals surface area (Å²) in [6, 6.07) is 9.21. The number of H-pyrrole nitrogens is 2. The Labute approximate surface area is 262 Å². The van der Waals surface area contributed by atoms with Gasteiger partial charge in [0.1, 0.15) is 18.1 Å². The Morgan fingerprint density at radius 2 is 1.17 bits per heavy atom. The Morgan fingerprint density at radius 3 is 1.72 bits per heavy atom. The number of rotatable bonds is 16. The van der Waals surface area contributed by atoms with Crippen molar-refractivity contribution in [1.29, 1.82) is 0 Å². The number of fused-ring (bicyclic) bond motifs is 2. The maximum absolute atomic E-state index is 13.5. The minimum atomic E-state index is -1.50. The van der Waals surface area contributed by atoms with Crippen LogP contribution in [0.3, 0.4) is 0 Å². The molecule has 4 rings (SSSR count). The van der Waals surface area contributed by atoms with Crippen LogP contribution in [0.2, 0.25) is 0 Å². The summed E-state index contributed by atoms with van der Waals surface area (Å²) in [5, 5.41) is 18.6. The number of para-hydroxylation sites is 2. The minimum absolute atomic E-state index is 0.0962. The molecular formula is C31H36N8O7. The number of hydrogen-bond donors (Lipinski definition) is 9. The van der Waals surface area contributed by atoms with E-state index in [9.17, 15) is 33.9 Å². The molecule has 2 aromatic heterocycles. The van der Waals surface area contributed by atoms with Crippen molar-refractivity contribution in [2.45, 2.75) is 56.3 Å². The van der Waals surface area contributed by atoms with E-state index in [2.05, 4.69) is 25.9 Å². The summed E-state index contributed by atoms with van der Waals surface area (Å²) in [6.07, 6.45) is 2.21. The van der Waals surface area contributed by atoms with E-state index in [1.165, 1.54) is 0 Å². The average Bonchev–Trinajstić information content (AvgIpc) is 3.61. The molecule has 2 aromatic carbocycles. The quantitative estimate of drug-likeness (QED) is 0.0771. The molecule has 46 heavy (non-hydrogen) atoms. The van der Waals surface area contributed by atoms with Gasteiger partial charge in [-0.05, 0) is 36.1 Å². The molecule has 4 atom stereocenters. The fraction of sp³-hybridized carbons (Fsp3) is 0.290. The summed E-state index contributed by atoms with van der Waals surface area (Å²) in [6.45, 7) is 0. The lowest BCUT2D eigenvalue weighted by atomic mass is 10.0. The number of carbonyl (C=O) groups excluding carboxylic acids is 5. The van der Waals surface area contributed by atoms with Crippen LogP contribution in [0.15, 0.2) is 60.9 Å². The number of aliphatic carboxylic acids is 1. The van der Waals surface area contributed by atoms with Crippen LogP contribution in [0.5, 0.6) is 0 Å². The number of amides is 5. The molecule has 5 amide bonds. The van der Waals surface area contributed by atoms with Crippen molar-refractivity contribution in [2.24, 2.45) is 17.2 Å². The topological polar surface area (TPSA) is 268 Å². The summed E-state index contributed by atoms with van der Waals surface area (Å²) in [4.78, 5) is 81.2. The zero-order valence-corrected chi connectivity index (χ0v) is 24.7. The number of aromatic nitrogens is 2. The fourth-order valence-electron chi connectivity index (χ4n) is 5.14. The minimum Gasteiger partial charge on any atom is -0.480 e. The second kappa shape index (κ2) is 14.9. The van der Waals surface area contributed by atoms with Crippen molar-refractivity contribution in [3.63, 3.8) is 0 Å². The lowest BCUT2D eigenvalue weighted by Crippen LogP contribution is -2.58. The lowest BCUT2D eigenvalue weighted by molar-refractivity contribution is -0.142. The summed E-state index contributed by atoms with van der Waals surface area (Å²) in [5.41, 5.74) is 19.7. The SMILES string of the molecule is NC(=O)CCC(NC(=O)C(Cc1c[nH]c2ccccc12)NC(=O)C(CC(N)=O)NC(=O)C(N)Cc1c[nH]c2ccccc12)C(=O)O. The van der Waals surface area contributed by atoms with Gasteiger partial charge in [-0.15, -0.1) is 0 Å². The highest BCUT2D eigenvalue weighted by Gasteiger charge is 2.32. The third kappa shape index (κ3) is 8.47. The van der Waals surface area contributed by atoms with Gasteiger partial charge >= 0.3 is 5.97 Å². The van der Waals surface area contributed by atoms with Crippen LogP contribution in [-0.4, -0.2) is 74.7 Å². The van der Waals surface area contributed by atoms with E-state index in [1.807, 2.05) is 36.4 Å². The number of nitrogens with two attached hydrogens (primary N) is 3. The van der Waals surface area contributed by atoms with Crippen molar-refractivity contribution in [3.05, 3.63) is 72.1 Å². The second-order valence-electron chi connectivity index (χ2n) is 10.9. The third-order valence-electron chi connectivity index (χ3n) is 7.52. The largest absolute Gasteiger partial charge is 0.480 e. The second-order valence-corrected chi connectivity index (χ2v) is 10.9. The molecule has 0 aliphatic heterocycles. The molecule has 15 nitrogen and oxygen atoms in total. The van der Waals surface area contributed by atoms with Gasteiger partial charge in [0.05, 0.1) is 12.5 Å². The van der Waals surface area contributed by atoms with Crippen molar-refractivity contribution < 1.29 is 33.9 Å². The van der Waals surface area contributed by atoms with Crippen LogP contribution in [-0.2, 0) is 41.6 Å². The number of nitrogens with one attached hydrogen (secondary N) is 5. The van der Waals surface area contributed by atoms with Gasteiger partial charge in [0.25, 0.3) is 0 Å². The summed E-state index contributed by atoms with van der Waals surface area (Å²) in [5.74, 6) is -5.60. The zero-order valence-electron chi connectivity index (χ0n) is 24.7. The molecule has 0 bridgehead atoms. The van der Waals surface area contributed by atoms with Gasteiger partial charge < -0.3 is 48.2 Å². The molecule has 4 aromatic rings. The van der Waals surface area contributed by atoms with Gasteiger partial charge in [0.2, 0.25) is 29.5 Å². The fourth-order valence-corrected chi connectivity index (χ4v) is 5.14. The molecule has 0 fully saturated rings. The molecule has 12 N–H and O–H groups in total. The highest BCUT2D eigenvalue weighted by molar-refractivity contribution is 5.97. The number of hydrogen-bond acceptors (Lipinski definition) is 7. The third-order valence-corrected chi connectivity index (χ3v) is 7.52. The normalized spacial score (nSPS) is 13.8. The van der Waals surface area contributed by atoms with E-state index in [-0.39, 0.29) is 25.7 Å². The summed E-state index contributed by atoms with van der Waals surface area (Å²) >= 11 is 0. The summed E-state index contributed by atoms with van der Waals surface area (Å²) in [7, 11) is 0. The molecule has 0 saturated heterocycles. The van der Waals surface area contributed by atoms with Crippen LogP contribution in [0, 0.1) is 0 Å². The lowest BCUT2D eigenvalue weighted by Gasteiger charge is -2.25. The maximum Gasteiger partial charge on any atom is 0.326 e. The first-order valence-corrected chi connectivity index (χ1v) is 14.5. The van der Waals surface area contributed by atoms with Gasteiger partial charge in [0, 0.05) is 47.0 Å². The Kier molecular flexibility index (Phi) is 10.7. The van der Waals surface area contributed by atoms with Crippen molar-refractivity contribution >= 4 is 57.3 Å². The van der Waals surface area contributed by atoms with Crippen molar-refractivity contribution in [1.82, 2.24) is 25.9 Å². The number of benzene rings is 2. The van der Waals surface area contributed by atoms with Crippen molar-refractivity contribution in [2.75, 3.05) is 0 Å². The first-order valence-electron chi connectivity index (χ1n) is 14.5. The first kappa shape index (κ1) is 33.2. The standard InChI is InChI=1S/C31H36N8O7/c32-20(11-16-14-35-21-7-3-1-5-18(16)21)28(42)38-25(13-27(34)41)30(44)39-24(12-17-15-36-22-8-4-2-6-19(17)22)29(43)37-23(31(45)46)9-10-26(33)40/h1-8,14-15,20,23-25,35-36H,9-13,32H2,(H2,33,40)(H2,34,41)(H,37,43)(H,38,42)(H,39,44)(H,45,46). The van der Waals surface area contributed by atoms with Gasteiger partial charge in [-0.3, -0.25) is 24.0 Å². The Morgan fingerprint density at radius 1 is 0.674 bits per heavy atom. The molecular weight excluding hydrogens is 596 g/mol. The van der Waals surface area contributed by atoms with E-state index >= 15 is 0 Å². The molecule has 0 saturated carbocycles. The average molecular weight is 633 g/mol. The number of carboxylic acids is 1. The van der Waals surface area contributed by atoms with E-state index in [0.717, 1.165) is 27.4 Å². The smallest absolute Gasteiger partial charge is 0.326 e. The van der Waals surface area contributed by atoms with E-state index in [0.29, 0.717) is 5.56 Å². The number of primary amides is 2. The molecule has 0 aliphatic carbocycles. The number of aromatic amines is 2. The Balaban J connectivity index is 1.53. The van der Waals surface area contributed by atoms with Gasteiger partial charge in [-0.2, -0.15) is 0 Å². The number of carboxylic acid groups (broad SMARTS) is 1. The Hall–Kier alpha value is -5.70. The highest BCUT2D eigenvalue weighted by Crippen LogP contribution is 2.20.